The maximum Gasteiger partial charge on any atom is 0.125 e. The van der Waals surface area contributed by atoms with E-state index in [1.165, 1.54) is 0 Å². The first-order chi connectivity index (χ1) is 10.6. The van der Waals surface area contributed by atoms with Gasteiger partial charge in [0.2, 0.25) is 0 Å². The predicted octanol–water partition coefficient (Wildman–Crippen LogP) is 5.20. The number of furan rings is 1. The summed E-state index contributed by atoms with van der Waals surface area (Å²) >= 11 is 0. The molecule has 0 spiro atoms. The fourth-order valence-corrected chi connectivity index (χ4v) is 2.52. The second kappa shape index (κ2) is 6.23. The summed E-state index contributed by atoms with van der Waals surface area (Å²) in [5.41, 5.74) is 2.64. The van der Waals surface area contributed by atoms with Gasteiger partial charge >= 0.3 is 0 Å². The normalized spacial score (nSPS) is 13.0. The van der Waals surface area contributed by atoms with E-state index < -0.39 is 0 Å². The quantitative estimate of drug-likeness (QED) is 0.792. The summed E-state index contributed by atoms with van der Waals surface area (Å²) in [6.07, 6.45) is 3.51. The molecule has 2 rings (SSSR count). The van der Waals surface area contributed by atoms with Crippen LogP contribution < -0.4 is 0 Å². The number of hydrogen-bond donors (Lipinski definition) is 1. The van der Waals surface area contributed by atoms with Crippen molar-refractivity contribution >= 4 is 6.21 Å². The van der Waals surface area contributed by atoms with Crippen LogP contribution >= 0.6 is 0 Å². The van der Waals surface area contributed by atoms with E-state index in [9.17, 15) is 5.11 Å². The predicted molar refractivity (Wildman–Crippen MR) is 95.5 cm³/mol. The Balaban J connectivity index is 2.41. The third kappa shape index (κ3) is 4.25. The highest BCUT2D eigenvalue weighted by Crippen LogP contribution is 2.39. The van der Waals surface area contributed by atoms with Crippen molar-refractivity contribution in [2.75, 3.05) is 0 Å². The summed E-state index contributed by atoms with van der Waals surface area (Å²) < 4.78 is 5.29. The van der Waals surface area contributed by atoms with Crippen LogP contribution in [-0.4, -0.2) is 11.3 Å². The molecule has 1 N–H and O–H groups in total. The van der Waals surface area contributed by atoms with Gasteiger partial charge in [-0.2, -0.15) is 0 Å². The molecule has 3 nitrogen and oxygen atoms in total. The van der Waals surface area contributed by atoms with E-state index in [0.717, 1.165) is 22.5 Å². The molecule has 124 valence electrons. The van der Waals surface area contributed by atoms with Crippen LogP contribution in [0.5, 0.6) is 5.75 Å². The van der Waals surface area contributed by atoms with Gasteiger partial charge in [0.15, 0.2) is 0 Å². The summed E-state index contributed by atoms with van der Waals surface area (Å²) in [4.78, 5) is 4.46. The minimum absolute atomic E-state index is 0.130. The summed E-state index contributed by atoms with van der Waals surface area (Å²) in [5.74, 6) is 1.24. The van der Waals surface area contributed by atoms with Gasteiger partial charge < -0.3 is 9.52 Å². The summed E-state index contributed by atoms with van der Waals surface area (Å²) in [6.45, 7) is 13.2. The number of phenols is 1. The van der Waals surface area contributed by atoms with Crippen LogP contribution in [0.3, 0.4) is 0 Å². The van der Waals surface area contributed by atoms with Gasteiger partial charge in [0.1, 0.15) is 11.5 Å². The number of phenolic OH excluding ortho intramolecular Hbond substituents is 1. The highest BCUT2D eigenvalue weighted by Gasteiger charge is 2.26. The van der Waals surface area contributed by atoms with Crippen molar-refractivity contribution in [2.24, 2.45) is 4.99 Å². The van der Waals surface area contributed by atoms with Gasteiger partial charge in [-0.25, -0.2) is 0 Å². The van der Waals surface area contributed by atoms with Crippen molar-refractivity contribution in [1.82, 2.24) is 0 Å². The van der Waals surface area contributed by atoms with Crippen molar-refractivity contribution in [3.63, 3.8) is 0 Å². The molecule has 23 heavy (non-hydrogen) atoms. The first kappa shape index (κ1) is 17.3. The summed E-state index contributed by atoms with van der Waals surface area (Å²) in [5, 5.41) is 10.7. The third-order valence-corrected chi connectivity index (χ3v) is 3.82. The number of rotatable bonds is 3. The Kier molecular flexibility index (Phi) is 4.69. The fraction of sp³-hybridized carbons (Fsp3) is 0.450. The Morgan fingerprint density at radius 1 is 1.04 bits per heavy atom. The monoisotopic (exact) mass is 313 g/mol. The lowest BCUT2D eigenvalue weighted by Gasteiger charge is -2.27. The maximum absolute atomic E-state index is 10.7. The van der Waals surface area contributed by atoms with Crippen molar-refractivity contribution in [2.45, 2.75) is 58.9 Å². The zero-order chi connectivity index (χ0) is 17.3. The van der Waals surface area contributed by atoms with Crippen molar-refractivity contribution in [3.05, 3.63) is 53.0 Å². The van der Waals surface area contributed by atoms with E-state index in [4.69, 9.17) is 4.42 Å². The lowest BCUT2D eigenvalue weighted by molar-refractivity contribution is 0.423. The van der Waals surface area contributed by atoms with Crippen molar-refractivity contribution in [3.8, 4) is 5.75 Å². The topological polar surface area (TPSA) is 45.7 Å². The van der Waals surface area contributed by atoms with E-state index in [1.807, 2.05) is 30.5 Å². The van der Waals surface area contributed by atoms with Crippen LogP contribution in [0.2, 0.25) is 0 Å². The lowest BCUT2D eigenvalue weighted by atomic mass is 9.78. The first-order valence-corrected chi connectivity index (χ1v) is 7.99. The molecule has 0 saturated heterocycles. The fourth-order valence-electron chi connectivity index (χ4n) is 2.52. The highest BCUT2D eigenvalue weighted by molar-refractivity contribution is 5.81. The van der Waals surface area contributed by atoms with E-state index in [2.05, 4.69) is 46.5 Å². The van der Waals surface area contributed by atoms with Crippen LogP contribution in [-0.2, 0) is 17.4 Å². The maximum atomic E-state index is 10.7. The second-order valence-electron chi connectivity index (χ2n) is 8.01. The number of hydrogen-bond acceptors (Lipinski definition) is 3. The molecule has 0 atom stereocenters. The third-order valence-electron chi connectivity index (χ3n) is 3.82. The summed E-state index contributed by atoms with van der Waals surface area (Å²) in [7, 11) is 0. The Hall–Kier alpha value is -2.03. The van der Waals surface area contributed by atoms with Crippen LogP contribution in [0, 0.1) is 0 Å². The van der Waals surface area contributed by atoms with Gasteiger partial charge in [-0.3, -0.25) is 4.99 Å². The Bertz CT molecular complexity index is 648. The van der Waals surface area contributed by atoms with Crippen LogP contribution in [0.25, 0.3) is 0 Å². The molecule has 0 unspecified atom stereocenters. The average Bonchev–Trinajstić information content (AvgIpc) is 2.91. The van der Waals surface area contributed by atoms with E-state index >= 15 is 0 Å². The number of aromatic hydroxyl groups is 1. The zero-order valence-electron chi connectivity index (χ0n) is 15.0. The lowest BCUT2D eigenvalue weighted by Crippen LogP contribution is -2.17. The molecule has 0 bridgehead atoms. The first-order valence-electron chi connectivity index (χ1n) is 7.99. The second-order valence-corrected chi connectivity index (χ2v) is 8.01. The SMILES string of the molecule is CC(C)(C)c1cc(C=NCc2ccco2)cc(C(C)(C)C)c1O. The highest BCUT2D eigenvalue weighted by atomic mass is 16.3. The van der Waals surface area contributed by atoms with Gasteiger partial charge in [-0.1, -0.05) is 41.5 Å². The molecule has 1 aromatic carbocycles. The molecule has 0 radical (unpaired) electrons. The average molecular weight is 313 g/mol. The minimum atomic E-state index is -0.130. The molecular formula is C20H27NO2. The van der Waals surface area contributed by atoms with Crippen LogP contribution in [0.1, 0.15) is 64.0 Å². The molecule has 2 aromatic rings. The molecule has 0 aliphatic carbocycles. The molecule has 0 amide bonds. The number of benzene rings is 1. The standard InChI is InChI=1S/C20H27NO2/c1-19(2,3)16-10-14(11-17(18(16)22)20(4,5)6)12-21-13-15-8-7-9-23-15/h7-12,22H,13H2,1-6H3. The van der Waals surface area contributed by atoms with Crippen molar-refractivity contribution < 1.29 is 9.52 Å². The minimum Gasteiger partial charge on any atom is -0.507 e. The largest absolute Gasteiger partial charge is 0.507 e. The van der Waals surface area contributed by atoms with E-state index in [0.29, 0.717) is 12.3 Å². The number of nitrogens with zero attached hydrogens (tertiary/aromatic N) is 1. The van der Waals surface area contributed by atoms with Crippen LogP contribution in [0.4, 0.5) is 0 Å². The van der Waals surface area contributed by atoms with Crippen molar-refractivity contribution in [1.29, 1.82) is 0 Å². The van der Waals surface area contributed by atoms with Crippen LogP contribution in [0.15, 0.2) is 39.9 Å². The van der Waals surface area contributed by atoms with Gasteiger partial charge in [-0.15, -0.1) is 0 Å². The molecule has 0 aliphatic heterocycles. The van der Waals surface area contributed by atoms with Gasteiger partial charge in [0, 0.05) is 17.3 Å². The zero-order valence-corrected chi connectivity index (χ0v) is 15.0. The van der Waals surface area contributed by atoms with E-state index in [1.54, 1.807) is 6.26 Å². The Morgan fingerprint density at radius 2 is 1.61 bits per heavy atom. The molecule has 1 heterocycles. The van der Waals surface area contributed by atoms with Gasteiger partial charge in [0.25, 0.3) is 0 Å². The van der Waals surface area contributed by atoms with E-state index in [-0.39, 0.29) is 10.8 Å². The van der Waals surface area contributed by atoms with Gasteiger partial charge in [-0.05, 0) is 40.7 Å². The van der Waals surface area contributed by atoms with Gasteiger partial charge in [0.05, 0.1) is 12.8 Å². The molecule has 0 fully saturated rings. The molecule has 0 saturated carbocycles. The molecule has 1 aromatic heterocycles. The molecule has 0 aliphatic rings. The number of aliphatic imine (C=N–C) groups is 1. The molecular weight excluding hydrogens is 286 g/mol. The summed E-state index contributed by atoms with van der Waals surface area (Å²) in [6, 6.07) is 7.82. The Labute approximate surface area is 139 Å². The Morgan fingerprint density at radius 3 is 2.04 bits per heavy atom. The smallest absolute Gasteiger partial charge is 0.125 e. The molecule has 3 heteroatoms.